The number of aryl methyl sites for hydroxylation is 1. The van der Waals surface area contributed by atoms with Crippen molar-refractivity contribution < 1.29 is 5.11 Å². The molecule has 1 heterocycles. The molecule has 1 aliphatic heterocycles. The molecule has 1 unspecified atom stereocenters. The zero-order chi connectivity index (χ0) is 10.1. The average Bonchev–Trinajstić information content (AvgIpc) is 2.20. The zero-order valence-corrected chi connectivity index (χ0v) is 9.40. The van der Waals surface area contributed by atoms with Gasteiger partial charge in [0.15, 0.2) is 0 Å². The number of rotatable bonds is 0. The lowest BCUT2D eigenvalue weighted by Gasteiger charge is -2.23. The van der Waals surface area contributed by atoms with Crippen LogP contribution in [0.1, 0.15) is 17.2 Å². The van der Waals surface area contributed by atoms with E-state index in [1.165, 1.54) is 11.1 Å². The van der Waals surface area contributed by atoms with E-state index in [1.54, 1.807) is 11.8 Å². The summed E-state index contributed by atoms with van der Waals surface area (Å²) < 4.78 is 0. The second-order valence-electron chi connectivity index (χ2n) is 3.42. The van der Waals surface area contributed by atoms with Crippen LogP contribution in [-0.2, 0) is 0 Å². The molecule has 0 saturated heterocycles. The molecule has 1 aliphatic rings. The van der Waals surface area contributed by atoms with Crippen LogP contribution in [0.15, 0.2) is 34.2 Å². The SMILES string of the molecule is Cc1ccc2c(c1)C(O)C(=CCl)CS2. The van der Waals surface area contributed by atoms with Crippen molar-refractivity contribution >= 4 is 23.4 Å². The Balaban J connectivity index is 2.48. The fourth-order valence-corrected chi connectivity index (χ4v) is 2.90. The number of fused-ring (bicyclic) bond motifs is 1. The van der Waals surface area contributed by atoms with Crippen LogP contribution in [0.25, 0.3) is 0 Å². The van der Waals surface area contributed by atoms with Gasteiger partial charge in [0.25, 0.3) is 0 Å². The summed E-state index contributed by atoms with van der Waals surface area (Å²) in [6.07, 6.45) is -0.524. The number of aliphatic hydroxyl groups is 1. The van der Waals surface area contributed by atoms with E-state index in [9.17, 15) is 5.11 Å². The third-order valence-electron chi connectivity index (χ3n) is 2.35. The van der Waals surface area contributed by atoms with E-state index in [1.807, 2.05) is 13.0 Å². The van der Waals surface area contributed by atoms with Gasteiger partial charge in [0.1, 0.15) is 6.10 Å². The van der Waals surface area contributed by atoms with E-state index >= 15 is 0 Å². The van der Waals surface area contributed by atoms with E-state index in [2.05, 4.69) is 12.1 Å². The molecule has 0 saturated carbocycles. The van der Waals surface area contributed by atoms with Crippen molar-refractivity contribution in [2.24, 2.45) is 0 Å². The van der Waals surface area contributed by atoms with Gasteiger partial charge in [0, 0.05) is 16.2 Å². The Hall–Kier alpha value is -0.440. The normalized spacial score (nSPS) is 23.6. The van der Waals surface area contributed by atoms with Gasteiger partial charge in [-0.15, -0.1) is 11.8 Å². The van der Waals surface area contributed by atoms with Crippen molar-refractivity contribution in [3.8, 4) is 0 Å². The predicted octanol–water partition coefficient (Wildman–Crippen LogP) is 3.26. The van der Waals surface area contributed by atoms with Crippen LogP contribution in [0.3, 0.4) is 0 Å². The maximum Gasteiger partial charge on any atom is 0.103 e. The lowest BCUT2D eigenvalue weighted by Crippen LogP contribution is -2.10. The highest BCUT2D eigenvalue weighted by atomic mass is 35.5. The Labute approximate surface area is 92.8 Å². The first-order chi connectivity index (χ1) is 6.72. The Morgan fingerprint density at radius 1 is 1.57 bits per heavy atom. The molecule has 0 radical (unpaired) electrons. The van der Waals surface area contributed by atoms with E-state index in [-0.39, 0.29) is 0 Å². The molecule has 1 atom stereocenters. The van der Waals surface area contributed by atoms with E-state index in [4.69, 9.17) is 11.6 Å². The summed E-state index contributed by atoms with van der Waals surface area (Å²) in [5.41, 5.74) is 4.52. The van der Waals surface area contributed by atoms with Gasteiger partial charge in [-0.3, -0.25) is 0 Å². The highest BCUT2D eigenvalue weighted by Crippen LogP contribution is 2.39. The molecule has 1 nitrogen and oxygen atoms in total. The van der Waals surface area contributed by atoms with Gasteiger partial charge in [0.05, 0.1) is 0 Å². The summed E-state index contributed by atoms with van der Waals surface area (Å²) in [6, 6.07) is 6.14. The lowest BCUT2D eigenvalue weighted by molar-refractivity contribution is 0.212. The quantitative estimate of drug-likeness (QED) is 0.733. The number of aliphatic hydroxyl groups excluding tert-OH is 1. The topological polar surface area (TPSA) is 20.2 Å². The number of benzene rings is 1. The Morgan fingerprint density at radius 2 is 2.36 bits per heavy atom. The number of halogens is 1. The van der Waals surface area contributed by atoms with Crippen LogP contribution < -0.4 is 0 Å². The first kappa shape index (κ1) is 10.1. The van der Waals surface area contributed by atoms with Crippen molar-refractivity contribution in [1.82, 2.24) is 0 Å². The highest BCUT2D eigenvalue weighted by molar-refractivity contribution is 7.99. The Morgan fingerprint density at radius 3 is 3.07 bits per heavy atom. The third kappa shape index (κ3) is 1.70. The van der Waals surface area contributed by atoms with E-state index in [0.29, 0.717) is 0 Å². The van der Waals surface area contributed by atoms with Crippen LogP contribution in [0.2, 0.25) is 0 Å². The van der Waals surface area contributed by atoms with Gasteiger partial charge >= 0.3 is 0 Å². The molecule has 3 heteroatoms. The van der Waals surface area contributed by atoms with Gasteiger partial charge < -0.3 is 5.11 Å². The number of thioether (sulfide) groups is 1. The van der Waals surface area contributed by atoms with Gasteiger partial charge in [-0.1, -0.05) is 29.3 Å². The van der Waals surface area contributed by atoms with Crippen LogP contribution in [-0.4, -0.2) is 10.9 Å². The Kier molecular flexibility index (Phi) is 2.86. The highest BCUT2D eigenvalue weighted by Gasteiger charge is 2.22. The van der Waals surface area contributed by atoms with Crippen molar-refractivity contribution in [3.05, 3.63) is 40.4 Å². The molecule has 0 aromatic heterocycles. The number of hydrogen-bond acceptors (Lipinski definition) is 2. The monoisotopic (exact) mass is 226 g/mol. The summed E-state index contributed by atoms with van der Waals surface area (Å²) >= 11 is 7.37. The molecule has 0 bridgehead atoms. The summed E-state index contributed by atoms with van der Waals surface area (Å²) in [4.78, 5) is 1.16. The molecular formula is C11H11ClOS. The Bertz CT molecular complexity index is 387. The summed E-state index contributed by atoms with van der Waals surface area (Å²) in [5.74, 6) is 0.778. The standard InChI is InChI=1S/C11H11ClOS/c1-7-2-3-10-9(4-7)11(13)8(5-12)6-14-10/h2-5,11,13H,6H2,1H3. The minimum atomic E-state index is -0.524. The molecule has 0 fully saturated rings. The van der Waals surface area contributed by atoms with Crippen molar-refractivity contribution in [3.63, 3.8) is 0 Å². The van der Waals surface area contributed by atoms with Gasteiger partial charge in [0.2, 0.25) is 0 Å². The van der Waals surface area contributed by atoms with Crippen molar-refractivity contribution in [1.29, 1.82) is 0 Å². The summed E-state index contributed by atoms with van der Waals surface area (Å²) in [6.45, 7) is 2.02. The largest absolute Gasteiger partial charge is 0.384 e. The minimum Gasteiger partial charge on any atom is -0.384 e. The molecule has 0 aliphatic carbocycles. The molecule has 1 N–H and O–H groups in total. The first-order valence-electron chi connectivity index (χ1n) is 4.43. The molecule has 1 aromatic carbocycles. The summed E-state index contributed by atoms with van der Waals surface area (Å²) in [5, 5.41) is 9.98. The van der Waals surface area contributed by atoms with Gasteiger partial charge in [-0.25, -0.2) is 0 Å². The smallest absolute Gasteiger partial charge is 0.103 e. The molecule has 0 amide bonds. The van der Waals surface area contributed by atoms with Crippen LogP contribution in [0, 0.1) is 6.92 Å². The van der Waals surface area contributed by atoms with Crippen molar-refractivity contribution in [2.45, 2.75) is 17.9 Å². The molecular weight excluding hydrogens is 216 g/mol. The predicted molar refractivity (Wildman–Crippen MR) is 60.8 cm³/mol. The fourth-order valence-electron chi connectivity index (χ4n) is 1.54. The maximum absolute atomic E-state index is 9.98. The number of hydrogen-bond donors (Lipinski definition) is 1. The second kappa shape index (κ2) is 3.97. The van der Waals surface area contributed by atoms with Crippen LogP contribution >= 0.6 is 23.4 Å². The molecule has 0 spiro atoms. The van der Waals surface area contributed by atoms with Crippen LogP contribution in [0.4, 0.5) is 0 Å². The minimum absolute atomic E-state index is 0.524. The second-order valence-corrected chi connectivity index (χ2v) is 4.65. The van der Waals surface area contributed by atoms with Crippen molar-refractivity contribution in [2.75, 3.05) is 5.75 Å². The summed E-state index contributed by atoms with van der Waals surface area (Å²) in [7, 11) is 0. The van der Waals surface area contributed by atoms with Gasteiger partial charge in [-0.05, 0) is 24.1 Å². The zero-order valence-electron chi connectivity index (χ0n) is 7.83. The molecule has 14 heavy (non-hydrogen) atoms. The average molecular weight is 227 g/mol. The van der Waals surface area contributed by atoms with Gasteiger partial charge in [-0.2, -0.15) is 0 Å². The third-order valence-corrected chi connectivity index (χ3v) is 3.79. The fraction of sp³-hybridized carbons (Fsp3) is 0.273. The van der Waals surface area contributed by atoms with Crippen LogP contribution in [0.5, 0.6) is 0 Å². The van der Waals surface area contributed by atoms with E-state index in [0.717, 1.165) is 21.8 Å². The molecule has 2 rings (SSSR count). The first-order valence-corrected chi connectivity index (χ1v) is 5.85. The molecule has 74 valence electrons. The van der Waals surface area contributed by atoms with E-state index < -0.39 is 6.10 Å². The molecule has 1 aromatic rings. The maximum atomic E-state index is 9.98. The lowest BCUT2D eigenvalue weighted by atomic mass is 10.0.